The molecule has 0 saturated carbocycles. The Bertz CT molecular complexity index is 484. The lowest BCUT2D eigenvalue weighted by molar-refractivity contribution is 0.680. The summed E-state index contributed by atoms with van der Waals surface area (Å²) in [6, 6.07) is 6.58. The van der Waals surface area contributed by atoms with E-state index in [9.17, 15) is 0 Å². The fraction of sp³-hybridized carbons (Fsp3) is 0.333. The Labute approximate surface area is 97.0 Å². The van der Waals surface area contributed by atoms with Crippen molar-refractivity contribution < 1.29 is 0 Å². The Balaban J connectivity index is 2.36. The van der Waals surface area contributed by atoms with Crippen LogP contribution >= 0.6 is 22.6 Å². The molecule has 1 aromatic carbocycles. The van der Waals surface area contributed by atoms with E-state index in [1.807, 2.05) is 0 Å². The normalized spacial score (nSPS) is 15.8. The highest BCUT2D eigenvalue weighted by Gasteiger charge is 2.15. The molecular formula is C12H12IN. The maximum absolute atomic E-state index is 3.58. The first-order valence-electron chi connectivity index (χ1n) is 5.14. The summed E-state index contributed by atoms with van der Waals surface area (Å²) in [5, 5.41) is 1.45. The fourth-order valence-corrected chi connectivity index (χ4v) is 3.03. The highest BCUT2D eigenvalue weighted by Crippen LogP contribution is 2.30. The van der Waals surface area contributed by atoms with Crippen LogP contribution in [0, 0.1) is 3.57 Å². The molecular weight excluding hydrogens is 285 g/mol. The summed E-state index contributed by atoms with van der Waals surface area (Å²) >= 11 is 2.41. The molecule has 1 heterocycles. The Kier molecular flexibility index (Phi) is 2.04. The van der Waals surface area contributed by atoms with E-state index in [0.29, 0.717) is 0 Å². The van der Waals surface area contributed by atoms with Crippen molar-refractivity contribution >= 4 is 33.5 Å². The van der Waals surface area contributed by atoms with Gasteiger partial charge in [0.2, 0.25) is 0 Å². The summed E-state index contributed by atoms with van der Waals surface area (Å²) < 4.78 is 1.34. The molecule has 0 atom stereocenters. The monoisotopic (exact) mass is 297 g/mol. The van der Waals surface area contributed by atoms with Gasteiger partial charge < -0.3 is 4.98 Å². The zero-order valence-electron chi connectivity index (χ0n) is 7.94. The van der Waals surface area contributed by atoms with Crippen molar-refractivity contribution in [1.29, 1.82) is 0 Å². The average Bonchev–Trinajstić information content (AvgIpc) is 2.59. The molecule has 0 unspecified atom stereocenters. The van der Waals surface area contributed by atoms with E-state index >= 15 is 0 Å². The van der Waals surface area contributed by atoms with Crippen molar-refractivity contribution in [1.82, 2.24) is 4.98 Å². The lowest BCUT2D eigenvalue weighted by Gasteiger charge is -2.10. The summed E-state index contributed by atoms with van der Waals surface area (Å²) in [5.74, 6) is 0. The van der Waals surface area contributed by atoms with E-state index in [2.05, 4.69) is 45.8 Å². The standard InChI is InChI=1S/C12H12IN/c13-10-6-3-5-9-8-4-1-2-7-11(8)14-12(9)10/h3,5-6,14H,1-2,4,7H2. The van der Waals surface area contributed by atoms with Crippen LogP contribution in [0.5, 0.6) is 0 Å². The number of halogens is 1. The van der Waals surface area contributed by atoms with E-state index in [1.54, 1.807) is 5.56 Å². The molecule has 0 spiro atoms. The third-order valence-corrected chi connectivity index (χ3v) is 3.98. The van der Waals surface area contributed by atoms with Crippen LogP contribution in [0.2, 0.25) is 0 Å². The number of benzene rings is 1. The topological polar surface area (TPSA) is 15.8 Å². The van der Waals surface area contributed by atoms with Crippen molar-refractivity contribution in [2.75, 3.05) is 0 Å². The number of aromatic amines is 1. The van der Waals surface area contributed by atoms with Gasteiger partial charge in [-0.1, -0.05) is 12.1 Å². The van der Waals surface area contributed by atoms with E-state index in [4.69, 9.17) is 0 Å². The van der Waals surface area contributed by atoms with Crippen molar-refractivity contribution in [2.24, 2.45) is 0 Å². The summed E-state index contributed by atoms with van der Waals surface area (Å²) in [6.45, 7) is 0. The molecule has 1 N–H and O–H groups in total. The highest BCUT2D eigenvalue weighted by atomic mass is 127. The van der Waals surface area contributed by atoms with Gasteiger partial charge in [0.05, 0.1) is 5.52 Å². The zero-order valence-corrected chi connectivity index (χ0v) is 10.1. The van der Waals surface area contributed by atoms with Crippen LogP contribution in [0.15, 0.2) is 18.2 Å². The van der Waals surface area contributed by atoms with Gasteiger partial charge in [-0.15, -0.1) is 0 Å². The molecule has 0 fully saturated rings. The van der Waals surface area contributed by atoms with Crippen LogP contribution in [-0.2, 0) is 12.8 Å². The molecule has 1 aliphatic rings. The van der Waals surface area contributed by atoms with Crippen LogP contribution in [-0.4, -0.2) is 4.98 Å². The van der Waals surface area contributed by atoms with Gasteiger partial charge in [-0.3, -0.25) is 0 Å². The van der Waals surface area contributed by atoms with E-state index in [-0.39, 0.29) is 0 Å². The SMILES string of the molecule is Ic1cccc2c3c([nH]c12)CCCC3. The van der Waals surface area contributed by atoms with Gasteiger partial charge >= 0.3 is 0 Å². The van der Waals surface area contributed by atoms with E-state index in [0.717, 1.165) is 0 Å². The number of H-pyrrole nitrogens is 1. The smallest absolute Gasteiger partial charge is 0.0594 e. The summed E-state index contributed by atoms with van der Waals surface area (Å²) in [6.07, 6.45) is 5.19. The minimum absolute atomic E-state index is 1.24. The maximum Gasteiger partial charge on any atom is 0.0594 e. The van der Waals surface area contributed by atoms with Gasteiger partial charge in [0.1, 0.15) is 0 Å². The van der Waals surface area contributed by atoms with E-state index in [1.165, 1.54) is 45.9 Å². The summed E-state index contributed by atoms with van der Waals surface area (Å²) in [7, 11) is 0. The van der Waals surface area contributed by atoms with Crippen LogP contribution in [0.3, 0.4) is 0 Å². The Hall–Kier alpha value is -0.510. The molecule has 0 radical (unpaired) electrons. The van der Waals surface area contributed by atoms with Crippen LogP contribution in [0.1, 0.15) is 24.1 Å². The largest absolute Gasteiger partial charge is 0.357 e. The van der Waals surface area contributed by atoms with Crippen LogP contribution < -0.4 is 0 Å². The fourth-order valence-electron chi connectivity index (χ4n) is 2.39. The van der Waals surface area contributed by atoms with Gasteiger partial charge in [0, 0.05) is 14.7 Å². The average molecular weight is 297 g/mol. The maximum atomic E-state index is 3.58. The molecule has 0 amide bonds. The van der Waals surface area contributed by atoms with Crippen molar-refractivity contribution in [3.8, 4) is 0 Å². The molecule has 0 bridgehead atoms. The molecule has 3 rings (SSSR count). The van der Waals surface area contributed by atoms with Crippen molar-refractivity contribution in [3.05, 3.63) is 33.0 Å². The summed E-state index contributed by atoms with van der Waals surface area (Å²) in [4.78, 5) is 3.58. The number of para-hydroxylation sites is 1. The molecule has 2 heteroatoms. The van der Waals surface area contributed by atoms with E-state index < -0.39 is 0 Å². The summed E-state index contributed by atoms with van der Waals surface area (Å²) in [5.41, 5.74) is 4.40. The quantitative estimate of drug-likeness (QED) is 0.714. The Morgan fingerprint density at radius 2 is 2.00 bits per heavy atom. The molecule has 1 aromatic heterocycles. The van der Waals surface area contributed by atoms with Gasteiger partial charge in [-0.2, -0.15) is 0 Å². The number of aryl methyl sites for hydroxylation is 2. The van der Waals surface area contributed by atoms with Gasteiger partial charge in [0.25, 0.3) is 0 Å². The first kappa shape index (κ1) is 8.77. The Morgan fingerprint density at radius 3 is 2.93 bits per heavy atom. The second-order valence-corrected chi connectivity index (χ2v) is 5.11. The molecule has 14 heavy (non-hydrogen) atoms. The number of hydrogen-bond donors (Lipinski definition) is 1. The second-order valence-electron chi connectivity index (χ2n) is 3.95. The number of aromatic nitrogens is 1. The number of hydrogen-bond acceptors (Lipinski definition) is 0. The van der Waals surface area contributed by atoms with Gasteiger partial charge in [-0.25, -0.2) is 0 Å². The number of rotatable bonds is 0. The van der Waals surface area contributed by atoms with Crippen LogP contribution in [0.25, 0.3) is 10.9 Å². The number of nitrogens with one attached hydrogen (secondary N) is 1. The lowest BCUT2D eigenvalue weighted by atomic mass is 9.96. The van der Waals surface area contributed by atoms with Gasteiger partial charge in [-0.05, 0) is 59.9 Å². The number of fused-ring (bicyclic) bond motifs is 3. The van der Waals surface area contributed by atoms with Gasteiger partial charge in [0.15, 0.2) is 0 Å². The molecule has 0 saturated heterocycles. The second kappa shape index (κ2) is 3.26. The first-order chi connectivity index (χ1) is 6.86. The molecule has 0 aliphatic heterocycles. The Morgan fingerprint density at radius 1 is 1.14 bits per heavy atom. The molecule has 72 valence electrons. The minimum atomic E-state index is 1.24. The zero-order chi connectivity index (χ0) is 9.54. The van der Waals surface area contributed by atoms with Crippen molar-refractivity contribution in [2.45, 2.75) is 25.7 Å². The molecule has 2 aromatic rings. The minimum Gasteiger partial charge on any atom is -0.357 e. The predicted molar refractivity (Wildman–Crippen MR) is 67.7 cm³/mol. The van der Waals surface area contributed by atoms with Crippen LogP contribution in [0.4, 0.5) is 0 Å². The highest BCUT2D eigenvalue weighted by molar-refractivity contribution is 14.1. The third-order valence-electron chi connectivity index (χ3n) is 3.08. The molecule has 1 nitrogen and oxygen atoms in total. The lowest BCUT2D eigenvalue weighted by Crippen LogP contribution is -1.99. The third kappa shape index (κ3) is 1.20. The van der Waals surface area contributed by atoms with Crippen molar-refractivity contribution in [3.63, 3.8) is 0 Å². The molecule has 1 aliphatic carbocycles. The predicted octanol–water partition coefficient (Wildman–Crippen LogP) is 3.65. The first-order valence-corrected chi connectivity index (χ1v) is 6.22.